The molecule has 0 fully saturated rings. The van der Waals surface area contributed by atoms with E-state index in [0.29, 0.717) is 0 Å². The molecule has 0 saturated carbocycles. The smallest absolute Gasteiger partial charge is 0.0854 e. The van der Waals surface area contributed by atoms with E-state index < -0.39 is 0 Å². The fourth-order valence-electron chi connectivity index (χ4n) is 3.17. The van der Waals surface area contributed by atoms with Gasteiger partial charge in [0.05, 0.1) is 6.10 Å². The second-order valence-electron chi connectivity index (χ2n) is 8.03. The Morgan fingerprint density at radius 1 is 1.16 bits per heavy atom. The third-order valence-corrected chi connectivity index (χ3v) is 4.66. The van der Waals surface area contributed by atoms with Gasteiger partial charge in [-0.3, -0.25) is 0 Å². The molecule has 0 aromatic heterocycles. The minimum Gasteiger partial charge on any atom is -0.388 e. The molecule has 110 valence electrons. The molecule has 1 rings (SSSR count). The zero-order chi connectivity index (χ0) is 14.9. The van der Waals surface area contributed by atoms with E-state index >= 15 is 0 Å². The summed E-state index contributed by atoms with van der Waals surface area (Å²) in [7, 11) is 0. The average molecular weight is 264 g/mol. The minimum absolute atomic E-state index is 0.0207. The van der Waals surface area contributed by atoms with Gasteiger partial charge in [-0.2, -0.15) is 0 Å². The fraction of sp³-hybridized carbons (Fsp3) is 0.778. The molecule has 0 aliphatic heterocycles. The van der Waals surface area contributed by atoms with Crippen LogP contribution in [0.4, 0.5) is 0 Å². The van der Waals surface area contributed by atoms with Crippen molar-refractivity contribution in [1.29, 1.82) is 0 Å². The van der Waals surface area contributed by atoms with E-state index in [4.69, 9.17) is 0 Å². The van der Waals surface area contributed by atoms with E-state index in [-0.39, 0.29) is 22.3 Å². The minimum atomic E-state index is -0.371. The molecule has 0 amide bonds. The van der Waals surface area contributed by atoms with Crippen molar-refractivity contribution in [3.05, 3.63) is 23.8 Å². The maximum absolute atomic E-state index is 11.1. The van der Waals surface area contributed by atoms with Crippen molar-refractivity contribution in [3.8, 4) is 0 Å². The molecule has 0 radical (unpaired) electrons. The van der Waals surface area contributed by atoms with Crippen molar-refractivity contribution in [2.45, 2.75) is 73.8 Å². The summed E-state index contributed by atoms with van der Waals surface area (Å²) in [4.78, 5) is 0. The molecule has 1 aliphatic carbocycles. The lowest BCUT2D eigenvalue weighted by molar-refractivity contribution is -0.0143. The Balaban J connectivity index is 3.21. The Labute approximate surface area is 119 Å². The first-order chi connectivity index (χ1) is 8.56. The second-order valence-corrected chi connectivity index (χ2v) is 8.03. The summed E-state index contributed by atoms with van der Waals surface area (Å²) in [5.74, 6) is 0. The van der Waals surface area contributed by atoms with Crippen LogP contribution in [0.1, 0.15) is 67.7 Å². The fourth-order valence-corrected chi connectivity index (χ4v) is 3.17. The summed E-state index contributed by atoms with van der Waals surface area (Å²) in [5, 5.41) is 11.1. The predicted molar refractivity (Wildman–Crippen MR) is 84.1 cm³/mol. The molecule has 0 bridgehead atoms. The number of aliphatic hydroxyl groups excluding tert-OH is 1. The van der Waals surface area contributed by atoms with E-state index in [0.717, 1.165) is 12.8 Å². The number of aliphatic hydroxyl groups is 1. The molecule has 1 aliphatic rings. The highest BCUT2D eigenvalue weighted by molar-refractivity contribution is 5.33. The van der Waals surface area contributed by atoms with Crippen LogP contribution in [0, 0.1) is 16.2 Å². The normalized spacial score (nSPS) is 28.4. The topological polar surface area (TPSA) is 20.2 Å². The zero-order valence-electron chi connectivity index (χ0n) is 13.9. The largest absolute Gasteiger partial charge is 0.388 e. The molecule has 0 aromatic carbocycles. The molecule has 2 atom stereocenters. The lowest BCUT2D eigenvalue weighted by Crippen LogP contribution is -2.48. The predicted octanol–water partition coefficient (Wildman–Crippen LogP) is 5.11. The molecule has 1 N–H and O–H groups in total. The maximum Gasteiger partial charge on any atom is 0.0854 e. The molecule has 1 nitrogen and oxygen atoms in total. The molecular weight excluding hydrogens is 232 g/mol. The Kier molecular flexibility index (Phi) is 4.72. The third-order valence-electron chi connectivity index (χ3n) is 4.66. The standard InChI is InChI=1S/C18H32O/c1-8-9-12-18(17(5,6)7)13-10-11-14(15(18)19)16(2,3)4/h10-11,13,15,19H,8-9,12H2,1-7H3. The van der Waals surface area contributed by atoms with Gasteiger partial charge in [-0.15, -0.1) is 0 Å². The molecule has 0 saturated heterocycles. The summed E-state index contributed by atoms with van der Waals surface area (Å²) in [6, 6.07) is 0. The molecule has 0 aromatic rings. The van der Waals surface area contributed by atoms with Gasteiger partial charge in [-0.25, -0.2) is 0 Å². The Bertz CT molecular complexity index is 362. The number of hydrogen-bond acceptors (Lipinski definition) is 1. The first kappa shape index (κ1) is 16.5. The van der Waals surface area contributed by atoms with Crippen molar-refractivity contribution in [1.82, 2.24) is 0 Å². The molecule has 0 spiro atoms. The molecule has 2 unspecified atom stereocenters. The highest BCUT2D eigenvalue weighted by atomic mass is 16.3. The number of rotatable bonds is 3. The summed E-state index contributed by atoms with van der Waals surface area (Å²) < 4.78 is 0. The number of allylic oxidation sites excluding steroid dienone is 2. The van der Waals surface area contributed by atoms with Crippen LogP contribution in [-0.2, 0) is 0 Å². The highest BCUT2D eigenvalue weighted by Gasteiger charge is 2.48. The van der Waals surface area contributed by atoms with E-state index in [1.165, 1.54) is 12.0 Å². The molecule has 19 heavy (non-hydrogen) atoms. The van der Waals surface area contributed by atoms with Crippen LogP contribution < -0.4 is 0 Å². The van der Waals surface area contributed by atoms with E-state index in [9.17, 15) is 5.11 Å². The third kappa shape index (κ3) is 3.13. The van der Waals surface area contributed by atoms with Crippen molar-refractivity contribution in [2.75, 3.05) is 0 Å². The second kappa shape index (κ2) is 5.44. The van der Waals surface area contributed by atoms with Crippen LogP contribution in [-0.4, -0.2) is 11.2 Å². The average Bonchev–Trinajstić information content (AvgIpc) is 2.24. The Morgan fingerprint density at radius 2 is 1.74 bits per heavy atom. The maximum atomic E-state index is 11.1. The van der Waals surface area contributed by atoms with Gasteiger partial charge < -0.3 is 5.11 Å². The van der Waals surface area contributed by atoms with Crippen molar-refractivity contribution >= 4 is 0 Å². The monoisotopic (exact) mass is 264 g/mol. The van der Waals surface area contributed by atoms with Gasteiger partial charge in [0.15, 0.2) is 0 Å². The van der Waals surface area contributed by atoms with Crippen LogP contribution in [0.3, 0.4) is 0 Å². The number of hydrogen-bond donors (Lipinski definition) is 1. The first-order valence-corrected chi connectivity index (χ1v) is 7.64. The Morgan fingerprint density at radius 3 is 2.16 bits per heavy atom. The van der Waals surface area contributed by atoms with E-state index in [1.807, 2.05) is 0 Å². The van der Waals surface area contributed by atoms with Crippen molar-refractivity contribution in [3.63, 3.8) is 0 Å². The van der Waals surface area contributed by atoms with Gasteiger partial charge >= 0.3 is 0 Å². The first-order valence-electron chi connectivity index (χ1n) is 7.64. The molecular formula is C18H32O. The highest BCUT2D eigenvalue weighted by Crippen LogP contribution is 2.52. The lowest BCUT2D eigenvalue weighted by Gasteiger charge is -2.50. The Hall–Kier alpha value is -0.560. The summed E-state index contributed by atoms with van der Waals surface area (Å²) in [6.45, 7) is 15.5. The van der Waals surface area contributed by atoms with Crippen LogP contribution in [0.5, 0.6) is 0 Å². The van der Waals surface area contributed by atoms with E-state index in [2.05, 4.69) is 66.7 Å². The van der Waals surface area contributed by atoms with Gasteiger partial charge in [-0.05, 0) is 22.8 Å². The van der Waals surface area contributed by atoms with Crippen LogP contribution in [0.25, 0.3) is 0 Å². The zero-order valence-corrected chi connectivity index (χ0v) is 13.9. The van der Waals surface area contributed by atoms with Gasteiger partial charge in [0.25, 0.3) is 0 Å². The van der Waals surface area contributed by atoms with Gasteiger partial charge in [-0.1, -0.05) is 79.5 Å². The van der Waals surface area contributed by atoms with Gasteiger partial charge in [0.2, 0.25) is 0 Å². The van der Waals surface area contributed by atoms with Gasteiger partial charge in [0, 0.05) is 5.41 Å². The van der Waals surface area contributed by atoms with Crippen LogP contribution >= 0.6 is 0 Å². The van der Waals surface area contributed by atoms with E-state index in [1.54, 1.807) is 0 Å². The van der Waals surface area contributed by atoms with Crippen molar-refractivity contribution in [2.24, 2.45) is 16.2 Å². The van der Waals surface area contributed by atoms with Crippen molar-refractivity contribution < 1.29 is 5.11 Å². The van der Waals surface area contributed by atoms with Gasteiger partial charge in [0.1, 0.15) is 0 Å². The SMILES string of the molecule is CCCCC1(C(C)(C)C)C=CC=C(C(C)(C)C)C1O. The summed E-state index contributed by atoms with van der Waals surface area (Å²) in [5.41, 5.74) is 1.11. The van der Waals surface area contributed by atoms with Crippen LogP contribution in [0.15, 0.2) is 23.8 Å². The summed E-state index contributed by atoms with van der Waals surface area (Å²) in [6.07, 6.45) is 9.54. The molecule has 0 heterocycles. The van der Waals surface area contributed by atoms with Crippen LogP contribution in [0.2, 0.25) is 0 Å². The lowest BCUT2D eigenvalue weighted by atomic mass is 9.56. The molecule has 1 heteroatoms. The number of unbranched alkanes of at least 4 members (excludes halogenated alkanes) is 1. The summed E-state index contributed by atoms with van der Waals surface area (Å²) >= 11 is 0. The quantitative estimate of drug-likeness (QED) is 0.750.